The van der Waals surface area contributed by atoms with Crippen molar-refractivity contribution in [3.63, 3.8) is 0 Å². The molecule has 0 unspecified atom stereocenters. The third-order valence-electron chi connectivity index (χ3n) is 2.70. The van der Waals surface area contributed by atoms with Crippen molar-refractivity contribution in [1.29, 1.82) is 0 Å². The highest BCUT2D eigenvalue weighted by Crippen LogP contribution is 2.08. The van der Waals surface area contributed by atoms with Gasteiger partial charge in [0.1, 0.15) is 11.9 Å². The number of H-pyrrole nitrogens is 1. The molecule has 19 heavy (non-hydrogen) atoms. The fourth-order valence-corrected chi connectivity index (χ4v) is 1.52. The molecule has 1 aromatic heterocycles. The van der Waals surface area contributed by atoms with E-state index < -0.39 is 17.9 Å². The second-order valence-corrected chi connectivity index (χ2v) is 4.71. The van der Waals surface area contributed by atoms with Gasteiger partial charge in [-0.25, -0.2) is 9.78 Å². The van der Waals surface area contributed by atoms with Crippen LogP contribution < -0.4 is 5.32 Å². The normalized spacial score (nSPS) is 12.4. The minimum Gasteiger partial charge on any atom is -0.480 e. The molecule has 0 aromatic carbocycles. The van der Waals surface area contributed by atoms with Gasteiger partial charge in [0.05, 0.1) is 0 Å². The smallest absolute Gasteiger partial charge is 0.326 e. The Balaban J connectivity index is 2.67. The van der Waals surface area contributed by atoms with Crippen LogP contribution in [0.2, 0.25) is 0 Å². The number of carbonyl (C=O) groups excluding carboxylic acids is 1. The molecule has 0 fully saturated rings. The first-order chi connectivity index (χ1) is 8.95. The molecule has 1 amide bonds. The van der Waals surface area contributed by atoms with Crippen LogP contribution in [0.5, 0.6) is 0 Å². The molecule has 1 aromatic rings. The number of hydrogen-bond acceptors (Lipinski definition) is 4. The number of hydrogen-bond donors (Lipinski definition) is 3. The van der Waals surface area contributed by atoms with Crippen molar-refractivity contribution in [3.8, 4) is 0 Å². The molecule has 0 aliphatic heterocycles. The third-order valence-corrected chi connectivity index (χ3v) is 2.70. The van der Waals surface area contributed by atoms with Crippen LogP contribution in [-0.2, 0) is 4.79 Å². The molecule has 7 heteroatoms. The fraction of sp³-hybridized carbons (Fsp3) is 0.667. The minimum absolute atomic E-state index is 0.0218. The van der Waals surface area contributed by atoms with Crippen LogP contribution in [0.3, 0.4) is 0 Å². The lowest BCUT2D eigenvalue weighted by molar-refractivity contribution is -0.139. The fourth-order valence-electron chi connectivity index (χ4n) is 1.52. The Kier molecular flexibility index (Phi) is 5.47. The summed E-state index contributed by atoms with van der Waals surface area (Å²) in [5.74, 6) is -0.894. The standard InChI is InChI=1S/C12H20N4O3/c1-4-5-6-8(12(18)19)13-11(17)10-14-9(7(2)3)15-16-10/h7-8H,4-6H2,1-3H3,(H,13,17)(H,18,19)(H,14,15,16)/t8-/m0/s1. The highest BCUT2D eigenvalue weighted by Gasteiger charge is 2.22. The molecule has 0 bridgehead atoms. The van der Waals surface area contributed by atoms with Crippen LogP contribution in [0.4, 0.5) is 0 Å². The summed E-state index contributed by atoms with van der Waals surface area (Å²) in [5, 5.41) is 17.9. The lowest BCUT2D eigenvalue weighted by Crippen LogP contribution is -2.41. The number of nitrogens with one attached hydrogen (secondary N) is 2. The van der Waals surface area contributed by atoms with Crippen LogP contribution in [0.25, 0.3) is 0 Å². The van der Waals surface area contributed by atoms with Crippen molar-refractivity contribution in [3.05, 3.63) is 11.6 Å². The number of aromatic nitrogens is 3. The van der Waals surface area contributed by atoms with Gasteiger partial charge in [0.2, 0.25) is 5.82 Å². The first kappa shape index (κ1) is 15.1. The minimum atomic E-state index is -1.04. The Bertz CT molecular complexity index is 442. The van der Waals surface area contributed by atoms with Gasteiger partial charge in [-0.1, -0.05) is 33.6 Å². The lowest BCUT2D eigenvalue weighted by Gasteiger charge is -2.12. The molecule has 0 aliphatic rings. The average Bonchev–Trinajstić information content (AvgIpc) is 2.83. The zero-order chi connectivity index (χ0) is 14.4. The molecular weight excluding hydrogens is 248 g/mol. The van der Waals surface area contributed by atoms with Gasteiger partial charge >= 0.3 is 5.97 Å². The van der Waals surface area contributed by atoms with E-state index in [-0.39, 0.29) is 11.7 Å². The van der Waals surface area contributed by atoms with E-state index in [0.29, 0.717) is 12.2 Å². The lowest BCUT2D eigenvalue weighted by atomic mass is 10.1. The number of aromatic amines is 1. The third kappa shape index (κ3) is 4.35. The number of carbonyl (C=O) groups is 2. The Morgan fingerprint density at radius 3 is 2.58 bits per heavy atom. The van der Waals surface area contributed by atoms with E-state index in [9.17, 15) is 9.59 Å². The predicted octanol–water partition coefficient (Wildman–Crippen LogP) is 1.30. The van der Waals surface area contributed by atoms with Gasteiger partial charge in [-0.3, -0.25) is 9.89 Å². The number of carboxylic acids is 1. The maximum atomic E-state index is 11.8. The number of amides is 1. The Morgan fingerprint density at radius 1 is 1.42 bits per heavy atom. The van der Waals surface area contributed by atoms with E-state index in [1.807, 2.05) is 20.8 Å². The molecular formula is C12H20N4O3. The SMILES string of the molecule is CCCC[C@H](NC(=O)c1n[nH]c(C(C)C)n1)C(=O)O. The Labute approximate surface area is 111 Å². The zero-order valence-electron chi connectivity index (χ0n) is 11.4. The summed E-state index contributed by atoms with van der Waals surface area (Å²) in [5.41, 5.74) is 0. The zero-order valence-corrected chi connectivity index (χ0v) is 11.4. The molecule has 0 aliphatic carbocycles. The molecule has 0 saturated carbocycles. The quantitative estimate of drug-likeness (QED) is 0.690. The van der Waals surface area contributed by atoms with Gasteiger partial charge in [0.15, 0.2) is 0 Å². The Hall–Kier alpha value is -1.92. The monoisotopic (exact) mass is 268 g/mol. The maximum absolute atomic E-state index is 11.8. The molecule has 3 N–H and O–H groups in total. The van der Waals surface area contributed by atoms with Gasteiger partial charge in [0.25, 0.3) is 5.91 Å². The van der Waals surface area contributed by atoms with Crippen molar-refractivity contribution in [1.82, 2.24) is 20.5 Å². The van der Waals surface area contributed by atoms with E-state index >= 15 is 0 Å². The first-order valence-electron chi connectivity index (χ1n) is 6.41. The summed E-state index contributed by atoms with van der Waals surface area (Å²) < 4.78 is 0. The van der Waals surface area contributed by atoms with E-state index in [1.165, 1.54) is 0 Å². The number of unbranched alkanes of at least 4 members (excludes halogenated alkanes) is 1. The number of rotatable bonds is 7. The van der Waals surface area contributed by atoms with Crippen molar-refractivity contribution < 1.29 is 14.7 Å². The van der Waals surface area contributed by atoms with Crippen LogP contribution in [0.15, 0.2) is 0 Å². The van der Waals surface area contributed by atoms with Crippen LogP contribution >= 0.6 is 0 Å². The van der Waals surface area contributed by atoms with Gasteiger partial charge in [-0.2, -0.15) is 0 Å². The Morgan fingerprint density at radius 2 is 2.11 bits per heavy atom. The molecule has 1 heterocycles. The number of carboxylic acid groups (broad SMARTS) is 1. The van der Waals surface area contributed by atoms with Gasteiger partial charge in [0, 0.05) is 5.92 Å². The van der Waals surface area contributed by atoms with Crippen LogP contribution in [0, 0.1) is 0 Å². The summed E-state index contributed by atoms with van der Waals surface area (Å²) in [6.45, 7) is 5.80. The van der Waals surface area contributed by atoms with Gasteiger partial charge in [-0.05, 0) is 6.42 Å². The predicted molar refractivity (Wildman–Crippen MR) is 68.9 cm³/mol. The summed E-state index contributed by atoms with van der Waals surface area (Å²) in [4.78, 5) is 26.9. The highest BCUT2D eigenvalue weighted by molar-refractivity contribution is 5.93. The van der Waals surface area contributed by atoms with E-state index in [1.54, 1.807) is 0 Å². The van der Waals surface area contributed by atoms with E-state index in [4.69, 9.17) is 5.11 Å². The first-order valence-corrected chi connectivity index (χ1v) is 6.41. The largest absolute Gasteiger partial charge is 0.480 e. The number of aliphatic carboxylic acids is 1. The van der Waals surface area contributed by atoms with E-state index in [2.05, 4.69) is 20.5 Å². The van der Waals surface area contributed by atoms with Crippen LogP contribution in [0.1, 0.15) is 62.4 Å². The molecule has 7 nitrogen and oxygen atoms in total. The summed E-state index contributed by atoms with van der Waals surface area (Å²) in [7, 11) is 0. The summed E-state index contributed by atoms with van der Waals surface area (Å²) in [6, 6.07) is -0.895. The van der Waals surface area contributed by atoms with Crippen molar-refractivity contribution in [2.24, 2.45) is 0 Å². The second kappa shape index (κ2) is 6.86. The second-order valence-electron chi connectivity index (χ2n) is 4.71. The highest BCUT2D eigenvalue weighted by atomic mass is 16.4. The molecule has 0 radical (unpaired) electrons. The molecule has 1 atom stereocenters. The van der Waals surface area contributed by atoms with Gasteiger partial charge < -0.3 is 10.4 Å². The van der Waals surface area contributed by atoms with Crippen molar-refractivity contribution in [2.75, 3.05) is 0 Å². The molecule has 0 saturated heterocycles. The van der Waals surface area contributed by atoms with E-state index in [0.717, 1.165) is 12.8 Å². The summed E-state index contributed by atoms with van der Waals surface area (Å²) in [6.07, 6.45) is 2.01. The molecule has 106 valence electrons. The number of nitrogens with zero attached hydrogens (tertiary/aromatic N) is 2. The van der Waals surface area contributed by atoms with Gasteiger partial charge in [-0.15, -0.1) is 5.10 Å². The average molecular weight is 268 g/mol. The van der Waals surface area contributed by atoms with Crippen molar-refractivity contribution >= 4 is 11.9 Å². The molecule has 0 spiro atoms. The van der Waals surface area contributed by atoms with Crippen molar-refractivity contribution in [2.45, 2.75) is 52.0 Å². The molecule has 1 rings (SSSR count). The van der Waals surface area contributed by atoms with Crippen LogP contribution in [-0.4, -0.2) is 38.2 Å². The summed E-state index contributed by atoms with van der Waals surface area (Å²) >= 11 is 0. The maximum Gasteiger partial charge on any atom is 0.326 e. The topological polar surface area (TPSA) is 108 Å².